The number of nitrogens with two attached hydrogens (primary N) is 1. The largest absolute Gasteiger partial charge is 0.383 e. The first-order valence-electron chi connectivity index (χ1n) is 11.8. The number of nitrogens with one attached hydrogen (secondary N) is 2. The van der Waals surface area contributed by atoms with Crippen molar-refractivity contribution < 1.29 is 9.59 Å². The van der Waals surface area contributed by atoms with Crippen LogP contribution < -0.4 is 27.2 Å². The van der Waals surface area contributed by atoms with Crippen LogP contribution in [0.1, 0.15) is 38.8 Å². The lowest BCUT2D eigenvalue weighted by Crippen LogP contribution is -2.47. The Morgan fingerprint density at radius 2 is 1.66 bits per heavy atom. The molecule has 2 rings (SSSR count). The van der Waals surface area contributed by atoms with Crippen molar-refractivity contribution in [3.8, 4) is 0 Å². The van der Waals surface area contributed by atoms with E-state index in [0.29, 0.717) is 6.54 Å². The molecule has 2 aromatic rings. The van der Waals surface area contributed by atoms with Gasteiger partial charge >= 0.3 is 5.69 Å². The van der Waals surface area contributed by atoms with Crippen LogP contribution in [0.25, 0.3) is 0 Å². The summed E-state index contributed by atoms with van der Waals surface area (Å²) in [7, 11) is 1.66. The fraction of sp³-hybridized carbons (Fsp3) is 0.520. The fourth-order valence-corrected chi connectivity index (χ4v) is 3.88. The molecule has 4 N–H and O–H groups in total. The lowest BCUT2D eigenvalue weighted by Gasteiger charge is -2.28. The minimum atomic E-state index is -0.711. The number of nitrogens with zero attached hydrogens (tertiary/aromatic N) is 3. The van der Waals surface area contributed by atoms with Crippen molar-refractivity contribution in [2.75, 3.05) is 42.6 Å². The summed E-state index contributed by atoms with van der Waals surface area (Å²) in [6.45, 7) is 11.9. The van der Waals surface area contributed by atoms with Crippen molar-refractivity contribution in [3.05, 3.63) is 50.2 Å². The van der Waals surface area contributed by atoms with E-state index in [4.69, 9.17) is 5.73 Å². The van der Waals surface area contributed by atoms with Gasteiger partial charge in [0.2, 0.25) is 11.8 Å². The number of rotatable bonds is 10. The Morgan fingerprint density at radius 1 is 1.06 bits per heavy atom. The van der Waals surface area contributed by atoms with Crippen molar-refractivity contribution in [2.24, 2.45) is 11.8 Å². The zero-order valence-corrected chi connectivity index (χ0v) is 21.8. The highest BCUT2D eigenvalue weighted by atomic mass is 16.2. The van der Waals surface area contributed by atoms with Crippen molar-refractivity contribution in [1.29, 1.82) is 0 Å². The molecule has 0 saturated carbocycles. The molecule has 10 nitrogen and oxygen atoms in total. The maximum atomic E-state index is 13.3. The van der Waals surface area contributed by atoms with Gasteiger partial charge in [-0.3, -0.25) is 28.8 Å². The van der Waals surface area contributed by atoms with Crippen molar-refractivity contribution >= 4 is 29.0 Å². The molecule has 1 aromatic heterocycles. The van der Waals surface area contributed by atoms with Crippen LogP contribution in [0.5, 0.6) is 0 Å². The topological polar surface area (TPSA) is 134 Å². The summed E-state index contributed by atoms with van der Waals surface area (Å²) in [5, 5.41) is 2.91. The predicted molar refractivity (Wildman–Crippen MR) is 140 cm³/mol. The molecule has 0 atom stereocenters. The molecule has 0 saturated heterocycles. The van der Waals surface area contributed by atoms with E-state index in [1.807, 2.05) is 59.7 Å². The van der Waals surface area contributed by atoms with Gasteiger partial charge in [0.15, 0.2) is 5.69 Å². The second-order valence-corrected chi connectivity index (χ2v) is 9.88. The predicted octanol–water partition coefficient (Wildman–Crippen LogP) is 1.95. The number of aromatic nitrogens is 2. The number of para-hydroxylation sites is 1. The van der Waals surface area contributed by atoms with E-state index in [9.17, 15) is 19.2 Å². The van der Waals surface area contributed by atoms with Crippen LogP contribution in [0.3, 0.4) is 0 Å². The Morgan fingerprint density at radius 3 is 2.20 bits per heavy atom. The highest BCUT2D eigenvalue weighted by Gasteiger charge is 2.26. The molecule has 2 amide bonds. The molecule has 0 aliphatic carbocycles. The standard InChI is InChI=1S/C25H38N6O4/c1-15(2)11-30(22-23(26)31(12-16(3)4)25(35)28-24(22)34)20(33)14-29(7)13-19(32)27-21-17(5)9-8-10-18(21)6/h8-10,15-16H,11-14,26H2,1-7H3,(H,27,32)(H,28,34,35). The smallest absolute Gasteiger partial charge is 0.330 e. The first-order valence-corrected chi connectivity index (χ1v) is 11.8. The molecule has 0 unspecified atom stereocenters. The quantitative estimate of drug-likeness (QED) is 0.470. The first kappa shape index (κ1) is 27.8. The molecule has 0 radical (unpaired) electrons. The van der Waals surface area contributed by atoms with E-state index < -0.39 is 17.2 Å². The van der Waals surface area contributed by atoms with Gasteiger partial charge in [0.05, 0.1) is 13.1 Å². The number of carbonyl (C=O) groups is 2. The average molecular weight is 487 g/mol. The Bertz CT molecular complexity index is 1160. The third kappa shape index (κ3) is 7.29. The number of likely N-dealkylation sites (N-methyl/N-ethyl adjacent to an activating group) is 1. The van der Waals surface area contributed by atoms with Crippen LogP contribution in [0, 0.1) is 25.7 Å². The van der Waals surface area contributed by atoms with Crippen LogP contribution in [0.4, 0.5) is 17.2 Å². The normalized spacial score (nSPS) is 11.4. The average Bonchev–Trinajstić information content (AvgIpc) is 2.72. The van der Waals surface area contributed by atoms with E-state index in [1.165, 1.54) is 9.47 Å². The van der Waals surface area contributed by atoms with Crippen molar-refractivity contribution in [2.45, 2.75) is 48.1 Å². The maximum absolute atomic E-state index is 13.3. The van der Waals surface area contributed by atoms with Gasteiger partial charge < -0.3 is 16.0 Å². The van der Waals surface area contributed by atoms with Crippen molar-refractivity contribution in [3.63, 3.8) is 0 Å². The molecule has 0 bridgehead atoms. The molecule has 35 heavy (non-hydrogen) atoms. The van der Waals surface area contributed by atoms with Crippen molar-refractivity contribution in [1.82, 2.24) is 14.5 Å². The number of hydrogen-bond acceptors (Lipinski definition) is 6. The van der Waals surface area contributed by atoms with Gasteiger partial charge in [0.25, 0.3) is 5.56 Å². The summed E-state index contributed by atoms with van der Waals surface area (Å²) in [6, 6.07) is 5.76. The number of aromatic amines is 1. The molecule has 0 spiro atoms. The fourth-order valence-electron chi connectivity index (χ4n) is 3.88. The van der Waals surface area contributed by atoms with Gasteiger partial charge in [0, 0.05) is 18.8 Å². The third-order valence-electron chi connectivity index (χ3n) is 5.44. The van der Waals surface area contributed by atoms with Crippen LogP contribution >= 0.6 is 0 Å². The molecule has 0 aliphatic heterocycles. The third-order valence-corrected chi connectivity index (χ3v) is 5.44. The van der Waals surface area contributed by atoms with E-state index in [2.05, 4.69) is 10.3 Å². The highest BCUT2D eigenvalue weighted by molar-refractivity contribution is 5.98. The van der Waals surface area contributed by atoms with Gasteiger partial charge in [-0.25, -0.2) is 4.79 Å². The van der Waals surface area contributed by atoms with Gasteiger partial charge in [0.1, 0.15) is 5.82 Å². The Labute approximate surface area is 206 Å². The molecule has 1 heterocycles. The summed E-state index contributed by atoms with van der Waals surface area (Å²) in [5.41, 5.74) is 7.54. The van der Waals surface area contributed by atoms with E-state index in [0.717, 1.165) is 16.8 Å². The van der Waals surface area contributed by atoms with Crippen LogP contribution in [-0.2, 0) is 16.1 Å². The number of amides is 2. The molecule has 0 fully saturated rings. The van der Waals surface area contributed by atoms with Gasteiger partial charge in [-0.2, -0.15) is 0 Å². The van der Waals surface area contributed by atoms with Gasteiger partial charge in [-0.1, -0.05) is 45.9 Å². The summed E-state index contributed by atoms with van der Waals surface area (Å²) < 4.78 is 1.28. The molecule has 1 aromatic carbocycles. The number of hydrogen-bond donors (Lipinski definition) is 3. The summed E-state index contributed by atoms with van der Waals surface area (Å²) in [4.78, 5) is 56.2. The molecule has 10 heteroatoms. The molecular formula is C25H38N6O4. The van der Waals surface area contributed by atoms with Gasteiger partial charge in [-0.05, 0) is 43.9 Å². The number of anilines is 3. The number of carbonyl (C=O) groups excluding carboxylic acids is 2. The Kier molecular flexibility index (Phi) is 9.41. The maximum Gasteiger partial charge on any atom is 0.330 e. The lowest BCUT2D eigenvalue weighted by molar-refractivity contribution is -0.121. The number of nitrogen functional groups attached to an aromatic ring is 1. The minimum absolute atomic E-state index is 0.0201. The monoisotopic (exact) mass is 486 g/mol. The lowest BCUT2D eigenvalue weighted by atomic mass is 10.1. The summed E-state index contributed by atoms with van der Waals surface area (Å²) >= 11 is 0. The van der Waals surface area contributed by atoms with Crippen LogP contribution in [0.2, 0.25) is 0 Å². The Balaban J connectivity index is 2.26. The van der Waals surface area contributed by atoms with E-state index in [-0.39, 0.29) is 48.9 Å². The van der Waals surface area contributed by atoms with E-state index in [1.54, 1.807) is 11.9 Å². The number of aryl methyl sites for hydroxylation is 2. The molecule has 0 aliphatic rings. The van der Waals surface area contributed by atoms with Crippen LogP contribution in [0.15, 0.2) is 27.8 Å². The Hall–Kier alpha value is -3.40. The highest BCUT2D eigenvalue weighted by Crippen LogP contribution is 2.21. The van der Waals surface area contributed by atoms with Gasteiger partial charge in [-0.15, -0.1) is 0 Å². The SMILES string of the molecule is Cc1cccc(C)c1NC(=O)CN(C)CC(=O)N(CC(C)C)c1c(N)n(CC(C)C)c(=O)[nH]c1=O. The second kappa shape index (κ2) is 11.8. The molecular weight excluding hydrogens is 448 g/mol. The van der Waals surface area contributed by atoms with Crippen LogP contribution in [-0.4, -0.2) is 52.9 Å². The summed E-state index contributed by atoms with van der Waals surface area (Å²) in [5.74, 6) is -0.564. The number of benzene rings is 1. The zero-order chi connectivity index (χ0) is 26.4. The zero-order valence-electron chi connectivity index (χ0n) is 21.8. The van der Waals surface area contributed by atoms with E-state index >= 15 is 0 Å². The first-order chi connectivity index (χ1) is 16.3. The second-order valence-electron chi connectivity index (χ2n) is 9.88. The number of H-pyrrole nitrogens is 1. The molecule has 192 valence electrons. The summed E-state index contributed by atoms with van der Waals surface area (Å²) in [6.07, 6.45) is 0. The minimum Gasteiger partial charge on any atom is -0.383 e.